The monoisotopic (exact) mass is 561 g/mol. The van der Waals surface area contributed by atoms with Gasteiger partial charge in [0.1, 0.15) is 23.4 Å². The second-order valence-corrected chi connectivity index (χ2v) is 10.7. The largest absolute Gasteiger partial charge is 0.486 e. The number of thioether (sulfide) groups is 1. The molecule has 0 saturated heterocycles. The van der Waals surface area contributed by atoms with Crippen molar-refractivity contribution in [1.82, 2.24) is 14.8 Å². The van der Waals surface area contributed by atoms with Crippen LogP contribution < -0.4 is 10.1 Å². The lowest BCUT2D eigenvalue weighted by Crippen LogP contribution is -2.15. The van der Waals surface area contributed by atoms with E-state index >= 15 is 0 Å². The number of fused-ring (bicyclic) bond motifs is 1. The molecule has 7 nitrogen and oxygen atoms in total. The Labute approximate surface area is 226 Å². The van der Waals surface area contributed by atoms with Crippen LogP contribution in [-0.4, -0.2) is 26.4 Å². The van der Waals surface area contributed by atoms with Gasteiger partial charge in [-0.2, -0.15) is 18.4 Å². The molecule has 1 amide bonds. The Bertz CT molecular complexity index is 1340. The van der Waals surface area contributed by atoms with Crippen molar-refractivity contribution >= 4 is 34.0 Å². The van der Waals surface area contributed by atoms with Gasteiger partial charge in [-0.05, 0) is 49.4 Å². The van der Waals surface area contributed by atoms with E-state index in [1.54, 1.807) is 10.6 Å². The summed E-state index contributed by atoms with van der Waals surface area (Å²) >= 11 is 2.65. The standard InChI is InChI=1S/C26H26F3N5O2S2/c1-2-12-34-22(15-36-18-9-7-8-17(13-18)26(27,28)29)32-33-25(34)37-16-23(35)31-24-20(14-30)19-10-5-3-4-6-11-21(19)38-24/h2,7-9,13H,1,3-6,10-12,15-16H2,(H,31,35). The summed E-state index contributed by atoms with van der Waals surface area (Å²) in [7, 11) is 0. The molecule has 1 aliphatic carbocycles. The highest BCUT2D eigenvalue weighted by Crippen LogP contribution is 2.37. The third kappa shape index (κ3) is 6.76. The molecule has 2 heterocycles. The van der Waals surface area contributed by atoms with Crippen molar-refractivity contribution in [1.29, 1.82) is 5.26 Å². The summed E-state index contributed by atoms with van der Waals surface area (Å²) in [5.41, 5.74) is 0.826. The van der Waals surface area contributed by atoms with E-state index in [1.807, 2.05) is 0 Å². The third-order valence-corrected chi connectivity index (χ3v) is 8.18. The number of benzene rings is 1. The number of carbonyl (C=O) groups is 1. The Hall–Kier alpha value is -3.30. The van der Waals surface area contributed by atoms with E-state index in [0.717, 1.165) is 61.6 Å². The summed E-state index contributed by atoms with van der Waals surface area (Å²) in [4.78, 5) is 14.0. The fraction of sp³-hybridized carbons (Fsp3) is 0.385. The number of aromatic nitrogens is 3. The van der Waals surface area contributed by atoms with Gasteiger partial charge in [-0.3, -0.25) is 9.36 Å². The lowest BCUT2D eigenvalue weighted by molar-refractivity contribution is -0.137. The van der Waals surface area contributed by atoms with Crippen molar-refractivity contribution in [3.63, 3.8) is 0 Å². The first-order chi connectivity index (χ1) is 18.3. The first-order valence-corrected chi connectivity index (χ1v) is 13.9. The van der Waals surface area contributed by atoms with Gasteiger partial charge in [0.05, 0.1) is 16.9 Å². The highest BCUT2D eigenvalue weighted by Gasteiger charge is 2.30. The maximum absolute atomic E-state index is 13.0. The van der Waals surface area contributed by atoms with Crippen molar-refractivity contribution in [2.75, 3.05) is 11.1 Å². The summed E-state index contributed by atoms with van der Waals surface area (Å²) in [5.74, 6) is 0.211. The first kappa shape index (κ1) is 27.7. The molecule has 0 radical (unpaired) electrons. The van der Waals surface area contributed by atoms with E-state index in [1.165, 1.54) is 34.8 Å². The van der Waals surface area contributed by atoms with Gasteiger partial charge in [-0.15, -0.1) is 28.1 Å². The number of aryl methyl sites for hydroxylation is 1. The number of rotatable bonds is 9. The van der Waals surface area contributed by atoms with Gasteiger partial charge < -0.3 is 10.1 Å². The average Bonchev–Trinajstić information content (AvgIpc) is 3.40. The lowest BCUT2D eigenvalue weighted by Gasteiger charge is -2.11. The van der Waals surface area contributed by atoms with Crippen LogP contribution in [-0.2, 0) is 37.0 Å². The van der Waals surface area contributed by atoms with E-state index in [4.69, 9.17) is 4.74 Å². The van der Waals surface area contributed by atoms with Crippen LogP contribution in [0.3, 0.4) is 0 Å². The topological polar surface area (TPSA) is 92.8 Å². The zero-order chi connectivity index (χ0) is 27.1. The number of anilines is 1. The molecule has 0 atom stereocenters. The van der Waals surface area contributed by atoms with E-state index in [0.29, 0.717) is 28.1 Å². The van der Waals surface area contributed by atoms with Crippen LogP contribution in [0.5, 0.6) is 5.75 Å². The number of allylic oxidation sites excluding steroid dienone is 1. The molecule has 1 aliphatic rings. The smallest absolute Gasteiger partial charge is 0.416 e. The Morgan fingerprint density at radius 3 is 2.79 bits per heavy atom. The Morgan fingerprint density at radius 2 is 2.05 bits per heavy atom. The molecular weight excluding hydrogens is 535 g/mol. The molecule has 0 unspecified atom stereocenters. The second-order valence-electron chi connectivity index (χ2n) is 8.68. The number of nitriles is 1. The molecule has 12 heteroatoms. The zero-order valence-corrected chi connectivity index (χ0v) is 22.1. The summed E-state index contributed by atoms with van der Waals surface area (Å²) in [6.07, 6.45) is 3.39. The van der Waals surface area contributed by atoms with Crippen LogP contribution in [0, 0.1) is 11.3 Å². The summed E-state index contributed by atoms with van der Waals surface area (Å²) in [6.45, 7) is 3.95. The number of carbonyl (C=O) groups excluding carboxylic acids is 1. The van der Waals surface area contributed by atoms with Gasteiger partial charge in [0.25, 0.3) is 0 Å². The van der Waals surface area contributed by atoms with Gasteiger partial charge >= 0.3 is 6.18 Å². The number of amides is 1. The predicted molar refractivity (Wildman–Crippen MR) is 140 cm³/mol. The molecule has 4 rings (SSSR count). The molecule has 2 aromatic heterocycles. The van der Waals surface area contributed by atoms with E-state index in [2.05, 4.69) is 28.2 Å². The lowest BCUT2D eigenvalue weighted by atomic mass is 9.97. The van der Waals surface area contributed by atoms with Crippen molar-refractivity contribution in [3.8, 4) is 11.8 Å². The average molecular weight is 562 g/mol. The normalized spacial score (nSPS) is 13.6. The number of hydrogen-bond acceptors (Lipinski definition) is 7. The fourth-order valence-corrected chi connectivity index (χ4v) is 6.20. The van der Waals surface area contributed by atoms with Crippen molar-refractivity contribution in [2.45, 2.75) is 63.0 Å². The van der Waals surface area contributed by atoms with E-state index in [9.17, 15) is 23.2 Å². The van der Waals surface area contributed by atoms with Gasteiger partial charge in [0, 0.05) is 11.4 Å². The van der Waals surface area contributed by atoms with Gasteiger partial charge in [-0.1, -0.05) is 36.7 Å². The third-order valence-electron chi connectivity index (χ3n) is 6.00. The minimum Gasteiger partial charge on any atom is -0.486 e. The molecule has 3 aromatic rings. The summed E-state index contributed by atoms with van der Waals surface area (Å²) in [6, 6.07) is 6.88. The van der Waals surface area contributed by atoms with Crippen molar-refractivity contribution in [3.05, 3.63) is 64.3 Å². The number of nitrogens with one attached hydrogen (secondary N) is 1. The maximum atomic E-state index is 13.0. The molecule has 200 valence electrons. The van der Waals surface area contributed by atoms with Crippen LogP contribution in [0.4, 0.5) is 18.2 Å². The Balaban J connectivity index is 1.40. The second kappa shape index (κ2) is 12.5. The van der Waals surface area contributed by atoms with Crippen LogP contribution >= 0.6 is 23.1 Å². The highest BCUT2D eigenvalue weighted by molar-refractivity contribution is 7.99. The molecular formula is C26H26F3N5O2S2. The number of halogens is 3. The number of ether oxygens (including phenoxy) is 1. The number of thiophene rings is 1. The number of alkyl halides is 3. The number of nitrogens with zero attached hydrogens (tertiary/aromatic N) is 4. The maximum Gasteiger partial charge on any atom is 0.416 e. The molecule has 0 bridgehead atoms. The molecule has 0 fully saturated rings. The summed E-state index contributed by atoms with van der Waals surface area (Å²) < 4.78 is 46.2. The Morgan fingerprint density at radius 1 is 1.26 bits per heavy atom. The molecule has 38 heavy (non-hydrogen) atoms. The van der Waals surface area contributed by atoms with E-state index in [-0.39, 0.29) is 24.0 Å². The van der Waals surface area contributed by atoms with Crippen LogP contribution in [0.15, 0.2) is 42.1 Å². The molecule has 1 aromatic carbocycles. The molecule has 0 saturated carbocycles. The number of hydrogen-bond donors (Lipinski definition) is 1. The molecule has 0 aliphatic heterocycles. The van der Waals surface area contributed by atoms with Crippen LogP contribution in [0.2, 0.25) is 0 Å². The highest BCUT2D eigenvalue weighted by atomic mass is 32.2. The fourth-order valence-electron chi connectivity index (χ4n) is 4.17. The Kier molecular flexibility index (Phi) is 9.12. The zero-order valence-electron chi connectivity index (χ0n) is 20.5. The summed E-state index contributed by atoms with van der Waals surface area (Å²) in [5, 5.41) is 21.9. The predicted octanol–water partition coefficient (Wildman–Crippen LogP) is 6.38. The van der Waals surface area contributed by atoms with Crippen LogP contribution in [0.1, 0.15) is 53.1 Å². The molecule has 1 N–H and O–H groups in total. The van der Waals surface area contributed by atoms with Crippen molar-refractivity contribution in [2.24, 2.45) is 0 Å². The van der Waals surface area contributed by atoms with E-state index < -0.39 is 11.7 Å². The SMILES string of the molecule is C=CCn1c(COc2cccc(C(F)(F)F)c2)nnc1SCC(=O)Nc1sc2c(c1C#N)CCCCCC2. The molecule has 0 spiro atoms. The van der Waals surface area contributed by atoms with Gasteiger partial charge in [-0.25, -0.2) is 0 Å². The van der Waals surface area contributed by atoms with Gasteiger partial charge in [0.15, 0.2) is 11.0 Å². The van der Waals surface area contributed by atoms with Crippen molar-refractivity contribution < 1.29 is 22.7 Å². The quantitative estimate of drug-likeness (QED) is 0.241. The van der Waals surface area contributed by atoms with Gasteiger partial charge in [0.2, 0.25) is 5.91 Å². The minimum atomic E-state index is -4.47. The first-order valence-electron chi connectivity index (χ1n) is 12.1. The van der Waals surface area contributed by atoms with Crippen LogP contribution in [0.25, 0.3) is 0 Å². The minimum absolute atomic E-state index is 0.0389.